The summed E-state index contributed by atoms with van der Waals surface area (Å²) >= 11 is 0. The fourth-order valence-electron chi connectivity index (χ4n) is 3.85. The number of likely N-dealkylation sites (tertiary alicyclic amines) is 1. The molecule has 2 aromatic heterocycles. The van der Waals surface area contributed by atoms with Gasteiger partial charge < -0.3 is 10.1 Å². The first-order valence-electron chi connectivity index (χ1n) is 8.60. The fraction of sp³-hybridized carbons (Fsp3) is 0.588. The van der Waals surface area contributed by atoms with Gasteiger partial charge in [0.1, 0.15) is 0 Å². The quantitative estimate of drug-likeness (QED) is 0.888. The molecule has 0 amide bonds. The van der Waals surface area contributed by atoms with Crippen molar-refractivity contribution in [2.75, 3.05) is 31.6 Å². The number of piperidine rings is 1. The lowest BCUT2D eigenvalue weighted by Crippen LogP contribution is -2.43. The second-order valence-electron chi connectivity index (χ2n) is 6.80. The molecule has 0 bridgehead atoms. The van der Waals surface area contributed by atoms with Gasteiger partial charge in [-0.1, -0.05) is 0 Å². The van der Waals surface area contributed by atoms with E-state index >= 15 is 0 Å². The zero-order valence-electron chi connectivity index (χ0n) is 14.0. The Bertz CT molecular complexity index is 660. The highest BCUT2D eigenvalue weighted by Crippen LogP contribution is 2.34. The summed E-state index contributed by atoms with van der Waals surface area (Å²) in [6.07, 6.45) is 9.01. The van der Waals surface area contributed by atoms with Gasteiger partial charge in [-0.05, 0) is 24.9 Å². The van der Waals surface area contributed by atoms with Crippen LogP contribution in [0.1, 0.15) is 12.0 Å². The predicted molar refractivity (Wildman–Crippen MR) is 90.3 cm³/mol. The predicted octanol–water partition coefficient (Wildman–Crippen LogP) is 1.16. The van der Waals surface area contributed by atoms with Crippen LogP contribution in [0, 0.1) is 11.8 Å². The van der Waals surface area contributed by atoms with Crippen LogP contribution in [0.25, 0.3) is 0 Å². The van der Waals surface area contributed by atoms with Crippen LogP contribution in [0.15, 0.2) is 30.9 Å². The van der Waals surface area contributed by atoms with Crippen molar-refractivity contribution < 1.29 is 4.74 Å². The molecule has 0 spiro atoms. The molecule has 7 nitrogen and oxygen atoms in total. The first kappa shape index (κ1) is 15.5. The summed E-state index contributed by atoms with van der Waals surface area (Å²) in [4.78, 5) is 11.0. The summed E-state index contributed by atoms with van der Waals surface area (Å²) < 4.78 is 7.93. The summed E-state index contributed by atoms with van der Waals surface area (Å²) in [6, 6.07) is 1.82. The Morgan fingerprint density at radius 2 is 2.21 bits per heavy atom. The fourth-order valence-corrected chi connectivity index (χ4v) is 3.85. The molecule has 4 heterocycles. The highest BCUT2D eigenvalue weighted by atomic mass is 16.5. The van der Waals surface area contributed by atoms with Crippen molar-refractivity contribution >= 4 is 5.95 Å². The maximum absolute atomic E-state index is 6.06. The lowest BCUT2D eigenvalue weighted by atomic mass is 9.84. The minimum absolute atomic E-state index is 0.232. The van der Waals surface area contributed by atoms with E-state index in [0.29, 0.717) is 17.8 Å². The highest BCUT2D eigenvalue weighted by molar-refractivity contribution is 5.22. The van der Waals surface area contributed by atoms with Gasteiger partial charge >= 0.3 is 0 Å². The third kappa shape index (κ3) is 3.42. The Morgan fingerprint density at radius 1 is 1.33 bits per heavy atom. The second kappa shape index (κ2) is 6.86. The smallest absolute Gasteiger partial charge is 0.222 e. The molecule has 7 heteroatoms. The number of rotatable bonds is 5. The largest absolute Gasteiger partial charge is 0.376 e. The van der Waals surface area contributed by atoms with E-state index in [4.69, 9.17) is 4.74 Å². The lowest BCUT2D eigenvalue weighted by molar-refractivity contribution is 0.0831. The molecule has 2 saturated heterocycles. The average Bonchev–Trinajstić information content (AvgIpc) is 3.20. The molecule has 0 aromatic carbocycles. The molecule has 4 rings (SSSR count). The molecule has 0 aliphatic carbocycles. The Labute approximate surface area is 142 Å². The zero-order valence-corrected chi connectivity index (χ0v) is 14.0. The highest BCUT2D eigenvalue weighted by Gasteiger charge is 2.40. The Balaban J connectivity index is 1.34. The van der Waals surface area contributed by atoms with Gasteiger partial charge in [-0.3, -0.25) is 9.58 Å². The summed E-state index contributed by atoms with van der Waals surface area (Å²) in [5, 5.41) is 7.58. The molecule has 2 fully saturated rings. The molecule has 2 aliphatic heterocycles. The minimum Gasteiger partial charge on any atom is -0.376 e. The average molecular weight is 328 g/mol. The molecule has 2 aromatic rings. The summed E-state index contributed by atoms with van der Waals surface area (Å²) in [5.41, 5.74) is 1.28. The van der Waals surface area contributed by atoms with Crippen LogP contribution in [0.4, 0.5) is 5.95 Å². The molecule has 3 atom stereocenters. The van der Waals surface area contributed by atoms with Gasteiger partial charge in [-0.2, -0.15) is 5.10 Å². The van der Waals surface area contributed by atoms with E-state index in [0.717, 1.165) is 32.8 Å². The monoisotopic (exact) mass is 328 g/mol. The molecule has 24 heavy (non-hydrogen) atoms. The van der Waals surface area contributed by atoms with Crippen molar-refractivity contribution in [1.82, 2.24) is 24.6 Å². The summed E-state index contributed by atoms with van der Waals surface area (Å²) in [6.45, 7) is 4.85. The van der Waals surface area contributed by atoms with E-state index < -0.39 is 0 Å². The number of aromatic nitrogens is 4. The van der Waals surface area contributed by atoms with Crippen molar-refractivity contribution in [2.24, 2.45) is 18.9 Å². The van der Waals surface area contributed by atoms with Crippen LogP contribution in [0.3, 0.4) is 0 Å². The van der Waals surface area contributed by atoms with Crippen molar-refractivity contribution in [3.63, 3.8) is 0 Å². The van der Waals surface area contributed by atoms with E-state index in [9.17, 15) is 0 Å². The Kier molecular flexibility index (Phi) is 4.44. The normalized spacial score (nSPS) is 27.1. The van der Waals surface area contributed by atoms with Crippen LogP contribution in [0.2, 0.25) is 0 Å². The van der Waals surface area contributed by atoms with Crippen LogP contribution in [0.5, 0.6) is 0 Å². The summed E-state index contributed by atoms with van der Waals surface area (Å²) in [5.74, 6) is 1.93. The third-order valence-electron chi connectivity index (χ3n) is 5.08. The molecule has 1 N–H and O–H groups in total. The number of hydrogen-bond donors (Lipinski definition) is 1. The standard InChI is InChI=1S/C17H24N6O/c1-22-9-13(7-21-22)10-23-6-3-14-12-24-16(15(14)11-23)8-20-17-18-4-2-5-19-17/h2,4-5,7,9,14-16H,3,6,8,10-12H2,1H3,(H,18,19,20)/t14-,15-,16+/m1/s1. The van der Waals surface area contributed by atoms with Crippen LogP contribution >= 0.6 is 0 Å². The second-order valence-corrected chi connectivity index (χ2v) is 6.80. The van der Waals surface area contributed by atoms with Crippen molar-refractivity contribution in [2.45, 2.75) is 19.1 Å². The number of aryl methyl sites for hydroxylation is 1. The first-order chi connectivity index (χ1) is 11.8. The van der Waals surface area contributed by atoms with Crippen LogP contribution in [-0.4, -0.2) is 57.0 Å². The van der Waals surface area contributed by atoms with Crippen molar-refractivity contribution in [3.05, 3.63) is 36.4 Å². The number of fused-ring (bicyclic) bond motifs is 1. The number of ether oxygens (including phenoxy) is 1. The molecular formula is C17H24N6O. The Hall–Kier alpha value is -1.99. The third-order valence-corrected chi connectivity index (χ3v) is 5.08. The van der Waals surface area contributed by atoms with E-state index in [2.05, 4.69) is 31.5 Å². The van der Waals surface area contributed by atoms with Crippen LogP contribution in [-0.2, 0) is 18.3 Å². The van der Waals surface area contributed by atoms with E-state index in [1.54, 1.807) is 12.4 Å². The first-order valence-corrected chi connectivity index (χ1v) is 8.60. The van der Waals surface area contributed by atoms with Gasteiger partial charge in [0.2, 0.25) is 5.95 Å². The lowest BCUT2D eigenvalue weighted by Gasteiger charge is -2.35. The summed E-state index contributed by atoms with van der Waals surface area (Å²) in [7, 11) is 1.97. The maximum Gasteiger partial charge on any atom is 0.222 e. The van der Waals surface area contributed by atoms with Crippen molar-refractivity contribution in [3.8, 4) is 0 Å². The minimum atomic E-state index is 0.232. The maximum atomic E-state index is 6.06. The number of nitrogens with one attached hydrogen (secondary N) is 1. The van der Waals surface area contributed by atoms with Gasteiger partial charge in [0.25, 0.3) is 0 Å². The van der Waals surface area contributed by atoms with Gasteiger partial charge in [0, 0.05) is 56.8 Å². The van der Waals surface area contributed by atoms with Gasteiger partial charge in [0.05, 0.1) is 18.9 Å². The number of anilines is 1. The SMILES string of the molecule is Cn1cc(CN2CC[C@@H]3CO[C@@H](CNc4ncccn4)[C@@H]3C2)cn1. The molecule has 2 aliphatic rings. The molecular weight excluding hydrogens is 304 g/mol. The Morgan fingerprint density at radius 3 is 3.00 bits per heavy atom. The van der Waals surface area contributed by atoms with Crippen molar-refractivity contribution in [1.29, 1.82) is 0 Å². The van der Waals surface area contributed by atoms with E-state index in [1.165, 1.54) is 12.0 Å². The number of hydrogen-bond acceptors (Lipinski definition) is 6. The molecule has 128 valence electrons. The molecule has 0 unspecified atom stereocenters. The number of nitrogens with zero attached hydrogens (tertiary/aromatic N) is 5. The zero-order chi connectivity index (χ0) is 16.4. The van der Waals surface area contributed by atoms with E-state index in [1.807, 2.05) is 24.0 Å². The molecule has 0 radical (unpaired) electrons. The van der Waals surface area contributed by atoms with Gasteiger partial charge in [-0.25, -0.2) is 9.97 Å². The topological polar surface area (TPSA) is 68.1 Å². The van der Waals surface area contributed by atoms with Crippen LogP contribution < -0.4 is 5.32 Å². The van der Waals surface area contributed by atoms with Gasteiger partial charge in [0.15, 0.2) is 0 Å². The van der Waals surface area contributed by atoms with E-state index in [-0.39, 0.29) is 6.10 Å². The van der Waals surface area contributed by atoms with Gasteiger partial charge in [-0.15, -0.1) is 0 Å². The molecule has 0 saturated carbocycles.